The molecule has 0 amide bonds. The Morgan fingerprint density at radius 2 is 2.06 bits per heavy atom. The maximum atomic E-state index is 13.2. The lowest BCUT2D eigenvalue weighted by Crippen LogP contribution is -2.44. The Hall–Kier alpha value is -1.09. The van der Waals surface area contributed by atoms with Crippen LogP contribution in [0.5, 0.6) is 0 Å². The molecule has 1 aromatic carbocycles. The predicted octanol–water partition coefficient (Wildman–Crippen LogP) is 3.03. The Balaban J connectivity index is 2.86. The summed E-state index contributed by atoms with van der Waals surface area (Å²) in [6, 6.07) is 6.82. The summed E-state index contributed by atoms with van der Waals surface area (Å²) in [6.45, 7) is 10.0. The smallest absolute Gasteiger partial charge is 0.125 e. The molecule has 1 rings (SSSR count). The second-order valence-corrected chi connectivity index (χ2v) is 5.27. The van der Waals surface area contributed by atoms with Gasteiger partial charge in [-0.2, -0.15) is 0 Å². The van der Waals surface area contributed by atoms with Crippen molar-refractivity contribution in [3.63, 3.8) is 0 Å². The summed E-state index contributed by atoms with van der Waals surface area (Å²) in [7, 11) is 0. The molecule has 0 heterocycles. The minimum absolute atomic E-state index is 0.00231. The third-order valence-electron chi connectivity index (χ3n) is 3.39. The van der Waals surface area contributed by atoms with Gasteiger partial charge in [-0.15, -0.1) is 0 Å². The quantitative estimate of drug-likeness (QED) is 0.854. The van der Waals surface area contributed by atoms with E-state index in [9.17, 15) is 4.39 Å². The molecular formula is C14H23FN2. The second-order valence-electron chi connectivity index (χ2n) is 5.27. The first kappa shape index (κ1) is 14.0. The van der Waals surface area contributed by atoms with Crippen LogP contribution >= 0.6 is 0 Å². The maximum absolute atomic E-state index is 13.2. The van der Waals surface area contributed by atoms with Crippen LogP contribution in [0.3, 0.4) is 0 Å². The van der Waals surface area contributed by atoms with Crippen LogP contribution in [-0.4, -0.2) is 19.1 Å². The number of halogens is 1. The molecule has 0 saturated heterocycles. The standard InChI is InChI=1S/C14H23FN2/c1-5-17(10-14(3,4)11(2)16)13-8-6-7-12(15)9-13/h6-9,11H,5,10,16H2,1-4H3. The molecule has 96 valence electrons. The molecule has 0 bridgehead atoms. The van der Waals surface area contributed by atoms with Crippen molar-refractivity contribution in [2.45, 2.75) is 33.7 Å². The average molecular weight is 238 g/mol. The van der Waals surface area contributed by atoms with Crippen LogP contribution in [0.15, 0.2) is 24.3 Å². The molecule has 1 unspecified atom stereocenters. The molecule has 1 atom stereocenters. The first-order valence-electron chi connectivity index (χ1n) is 6.13. The highest BCUT2D eigenvalue weighted by Crippen LogP contribution is 2.24. The largest absolute Gasteiger partial charge is 0.371 e. The van der Waals surface area contributed by atoms with E-state index in [0.29, 0.717) is 0 Å². The third-order valence-corrected chi connectivity index (χ3v) is 3.39. The Labute approximate surface area is 104 Å². The van der Waals surface area contributed by atoms with Crippen LogP contribution in [0, 0.1) is 11.2 Å². The van der Waals surface area contributed by atoms with Gasteiger partial charge >= 0.3 is 0 Å². The van der Waals surface area contributed by atoms with Crippen molar-refractivity contribution in [3.05, 3.63) is 30.1 Å². The Morgan fingerprint density at radius 1 is 1.41 bits per heavy atom. The van der Waals surface area contributed by atoms with E-state index in [-0.39, 0.29) is 17.3 Å². The summed E-state index contributed by atoms with van der Waals surface area (Å²) in [5.74, 6) is -0.195. The van der Waals surface area contributed by atoms with Crippen LogP contribution in [0.2, 0.25) is 0 Å². The molecule has 0 aromatic heterocycles. The summed E-state index contributed by atoms with van der Waals surface area (Å²) in [6.07, 6.45) is 0. The van der Waals surface area contributed by atoms with E-state index in [1.165, 1.54) is 6.07 Å². The van der Waals surface area contributed by atoms with E-state index >= 15 is 0 Å². The summed E-state index contributed by atoms with van der Waals surface area (Å²) in [4.78, 5) is 2.16. The van der Waals surface area contributed by atoms with Crippen LogP contribution in [0.4, 0.5) is 10.1 Å². The number of hydrogen-bond donors (Lipinski definition) is 1. The Bertz CT molecular complexity index is 361. The van der Waals surface area contributed by atoms with E-state index < -0.39 is 0 Å². The average Bonchev–Trinajstić information content (AvgIpc) is 2.25. The molecule has 2 N–H and O–H groups in total. The van der Waals surface area contributed by atoms with Gasteiger partial charge in [0.15, 0.2) is 0 Å². The summed E-state index contributed by atoms with van der Waals surface area (Å²) in [5, 5.41) is 0. The zero-order chi connectivity index (χ0) is 13.1. The lowest BCUT2D eigenvalue weighted by Gasteiger charge is -2.36. The minimum Gasteiger partial charge on any atom is -0.371 e. The van der Waals surface area contributed by atoms with E-state index in [1.54, 1.807) is 12.1 Å². The van der Waals surface area contributed by atoms with Gasteiger partial charge in [-0.3, -0.25) is 0 Å². The van der Waals surface area contributed by atoms with Gasteiger partial charge in [0.05, 0.1) is 0 Å². The van der Waals surface area contributed by atoms with Gasteiger partial charge in [0, 0.05) is 24.8 Å². The van der Waals surface area contributed by atoms with Gasteiger partial charge in [0.2, 0.25) is 0 Å². The molecule has 2 nitrogen and oxygen atoms in total. The van der Waals surface area contributed by atoms with Gasteiger partial charge in [-0.05, 0) is 37.5 Å². The van der Waals surface area contributed by atoms with Crippen molar-refractivity contribution in [2.24, 2.45) is 11.1 Å². The second kappa shape index (κ2) is 5.50. The SMILES string of the molecule is CCN(CC(C)(C)C(C)N)c1cccc(F)c1. The Morgan fingerprint density at radius 3 is 2.53 bits per heavy atom. The molecule has 0 aliphatic carbocycles. The summed E-state index contributed by atoms with van der Waals surface area (Å²) < 4.78 is 13.2. The molecular weight excluding hydrogens is 215 g/mol. The number of benzene rings is 1. The molecule has 0 aliphatic rings. The maximum Gasteiger partial charge on any atom is 0.125 e. The van der Waals surface area contributed by atoms with Crippen molar-refractivity contribution in [1.29, 1.82) is 0 Å². The predicted molar refractivity (Wildman–Crippen MR) is 71.7 cm³/mol. The van der Waals surface area contributed by atoms with Crippen LogP contribution in [0.1, 0.15) is 27.7 Å². The zero-order valence-electron chi connectivity index (χ0n) is 11.2. The van der Waals surface area contributed by atoms with E-state index in [0.717, 1.165) is 18.8 Å². The van der Waals surface area contributed by atoms with Gasteiger partial charge in [0.25, 0.3) is 0 Å². The molecule has 1 aromatic rings. The minimum atomic E-state index is -0.195. The van der Waals surface area contributed by atoms with E-state index in [4.69, 9.17) is 5.73 Å². The molecule has 0 spiro atoms. The van der Waals surface area contributed by atoms with E-state index in [2.05, 4.69) is 25.7 Å². The molecule has 0 aliphatic heterocycles. The Kier molecular flexibility index (Phi) is 4.52. The first-order valence-corrected chi connectivity index (χ1v) is 6.13. The van der Waals surface area contributed by atoms with Gasteiger partial charge < -0.3 is 10.6 Å². The molecule has 0 fully saturated rings. The monoisotopic (exact) mass is 238 g/mol. The number of rotatable bonds is 5. The number of nitrogens with zero attached hydrogens (tertiary/aromatic N) is 1. The third kappa shape index (κ3) is 3.70. The fourth-order valence-corrected chi connectivity index (χ4v) is 1.69. The lowest BCUT2D eigenvalue weighted by molar-refractivity contribution is 0.305. The highest BCUT2D eigenvalue weighted by Gasteiger charge is 2.25. The van der Waals surface area contributed by atoms with E-state index in [1.807, 2.05) is 13.0 Å². The molecule has 3 heteroatoms. The zero-order valence-corrected chi connectivity index (χ0v) is 11.2. The van der Waals surface area contributed by atoms with Crippen LogP contribution in [-0.2, 0) is 0 Å². The fourth-order valence-electron chi connectivity index (χ4n) is 1.69. The van der Waals surface area contributed by atoms with Gasteiger partial charge in [-0.1, -0.05) is 19.9 Å². The van der Waals surface area contributed by atoms with Crippen molar-refractivity contribution in [3.8, 4) is 0 Å². The molecule has 0 radical (unpaired) electrons. The van der Waals surface area contributed by atoms with Crippen molar-refractivity contribution >= 4 is 5.69 Å². The normalized spacial score (nSPS) is 13.5. The van der Waals surface area contributed by atoms with Gasteiger partial charge in [0.1, 0.15) is 5.82 Å². The highest BCUT2D eigenvalue weighted by molar-refractivity contribution is 5.46. The topological polar surface area (TPSA) is 29.3 Å². The van der Waals surface area contributed by atoms with Crippen LogP contribution in [0.25, 0.3) is 0 Å². The number of nitrogens with two attached hydrogens (primary N) is 1. The van der Waals surface area contributed by atoms with Crippen molar-refractivity contribution < 1.29 is 4.39 Å². The summed E-state index contributed by atoms with van der Waals surface area (Å²) in [5.41, 5.74) is 6.90. The first-order chi connectivity index (χ1) is 7.86. The number of hydrogen-bond acceptors (Lipinski definition) is 2. The van der Waals surface area contributed by atoms with Gasteiger partial charge in [-0.25, -0.2) is 4.39 Å². The van der Waals surface area contributed by atoms with Crippen molar-refractivity contribution in [2.75, 3.05) is 18.0 Å². The summed E-state index contributed by atoms with van der Waals surface area (Å²) >= 11 is 0. The molecule has 0 saturated carbocycles. The van der Waals surface area contributed by atoms with Crippen molar-refractivity contribution in [1.82, 2.24) is 0 Å². The highest BCUT2D eigenvalue weighted by atomic mass is 19.1. The molecule has 17 heavy (non-hydrogen) atoms. The lowest BCUT2D eigenvalue weighted by atomic mass is 9.85. The fraction of sp³-hybridized carbons (Fsp3) is 0.571. The van der Waals surface area contributed by atoms with Crippen LogP contribution < -0.4 is 10.6 Å². The number of anilines is 1.